The molecule has 3 aromatic carbocycles. The van der Waals surface area contributed by atoms with E-state index in [-0.39, 0.29) is 89.3 Å². The first kappa shape index (κ1) is 54.2. The molecule has 3 atom stereocenters. The van der Waals surface area contributed by atoms with Crippen LogP contribution in [0.1, 0.15) is 114 Å². The van der Waals surface area contributed by atoms with Crippen LogP contribution in [0.15, 0.2) is 69.6 Å². The predicted octanol–water partition coefficient (Wildman–Crippen LogP) is 3.85. The number of hydrogen-bond acceptors (Lipinski definition) is 12. The van der Waals surface area contributed by atoms with Gasteiger partial charge in [0.25, 0.3) is 17.7 Å². The number of aliphatic imine (C=N–C) groups is 3. The van der Waals surface area contributed by atoms with Crippen LogP contribution in [0.4, 0.5) is 0 Å². The summed E-state index contributed by atoms with van der Waals surface area (Å²) in [7, 11) is 4.22. The minimum atomic E-state index is -0.996. The second kappa shape index (κ2) is 27.4. The highest BCUT2D eigenvalue weighted by molar-refractivity contribution is 6.02. The standard InChI is InChI=1S/C49H67N9O9/c1-29(11-8-20-54-30(2)50)41(59)26-34-15-18-45(66-6)37(24-34)48(63)58-40(13-10-22-56-32(4)52)43(61)28-35-16-19-46(67-7)38(25-35)49(64)57-39(12-9-21-55-31(3)51)42(60)27-33-14-17-44(65-5)36(23-33)47(53)62/h14-19,23-25,29,39-40H,8-13,20-22,26-28H2,1-7H3,(H2,50,54)(H2,51,55)(H2,52,56)(H2,53,62)(H,57,64)(H,58,63)/t29-,39-,40-/m1/s1. The van der Waals surface area contributed by atoms with Crippen molar-refractivity contribution in [3.05, 3.63) is 88.0 Å². The molecule has 0 spiro atoms. The monoisotopic (exact) mass is 926 g/mol. The lowest BCUT2D eigenvalue weighted by Gasteiger charge is -2.20. The smallest absolute Gasteiger partial charge is 0.255 e. The van der Waals surface area contributed by atoms with Crippen molar-refractivity contribution >= 4 is 52.6 Å². The summed E-state index contributed by atoms with van der Waals surface area (Å²) >= 11 is 0. The van der Waals surface area contributed by atoms with Crippen molar-refractivity contribution in [1.29, 1.82) is 0 Å². The Bertz CT molecular complexity index is 2310. The number of nitrogens with zero attached hydrogens (tertiary/aromatic N) is 3. The fourth-order valence-electron chi connectivity index (χ4n) is 7.18. The quantitative estimate of drug-likeness (QED) is 0.0329. The van der Waals surface area contributed by atoms with Gasteiger partial charge in [0.05, 0.1) is 67.6 Å². The minimum absolute atomic E-state index is 0.00415. The summed E-state index contributed by atoms with van der Waals surface area (Å²) in [6.07, 6.45) is 2.35. The van der Waals surface area contributed by atoms with Crippen LogP contribution in [0, 0.1) is 5.92 Å². The molecule has 18 nitrogen and oxygen atoms in total. The summed E-state index contributed by atoms with van der Waals surface area (Å²) in [6, 6.07) is 12.3. The van der Waals surface area contributed by atoms with Gasteiger partial charge in [0.15, 0.2) is 11.6 Å². The van der Waals surface area contributed by atoms with Gasteiger partial charge in [-0.05, 0) is 112 Å². The molecule has 0 aromatic heterocycles. The van der Waals surface area contributed by atoms with Crippen molar-refractivity contribution in [1.82, 2.24) is 10.6 Å². The molecule has 0 heterocycles. The Kier molecular flexibility index (Phi) is 22.2. The molecular formula is C49H67N9O9. The van der Waals surface area contributed by atoms with Crippen LogP contribution in [0.3, 0.4) is 0 Å². The number of nitrogens with two attached hydrogens (primary N) is 4. The number of amidine groups is 3. The Labute approximate surface area is 392 Å². The molecule has 3 rings (SSSR count). The summed E-state index contributed by atoms with van der Waals surface area (Å²) in [5.41, 5.74) is 24.5. The van der Waals surface area contributed by atoms with Crippen molar-refractivity contribution < 1.29 is 43.0 Å². The van der Waals surface area contributed by atoms with Gasteiger partial charge in [-0.2, -0.15) is 0 Å². The SMILES string of the molecule is COc1ccc(CC(=O)[C@@H](CCCN=C(C)N)NC(=O)c2cc(CC(=O)[C@@H](CCCN=C(C)N)NC(=O)c3cc(CC(=O)[C@H](C)CCCN=C(C)N)ccc3OC)ccc2OC)cc1C(N)=O. The predicted molar refractivity (Wildman–Crippen MR) is 259 cm³/mol. The van der Waals surface area contributed by atoms with E-state index in [9.17, 15) is 28.8 Å². The molecule has 67 heavy (non-hydrogen) atoms. The number of hydrogen-bond donors (Lipinski definition) is 6. The Morgan fingerprint density at radius 1 is 0.507 bits per heavy atom. The van der Waals surface area contributed by atoms with E-state index in [4.69, 9.17) is 37.1 Å². The van der Waals surface area contributed by atoms with Gasteiger partial charge in [-0.15, -0.1) is 0 Å². The Hall–Kier alpha value is -7.11. The van der Waals surface area contributed by atoms with Crippen molar-refractivity contribution in [2.24, 2.45) is 43.8 Å². The minimum Gasteiger partial charge on any atom is -0.496 e. The number of ether oxygens (including phenoxy) is 3. The zero-order valence-electron chi connectivity index (χ0n) is 39.7. The van der Waals surface area contributed by atoms with E-state index < -0.39 is 29.8 Å². The summed E-state index contributed by atoms with van der Waals surface area (Å²) in [4.78, 5) is 93.9. The van der Waals surface area contributed by atoms with Crippen molar-refractivity contribution in [2.45, 2.75) is 97.6 Å². The first-order chi connectivity index (χ1) is 31.9. The second-order valence-corrected chi connectivity index (χ2v) is 16.3. The van der Waals surface area contributed by atoms with Gasteiger partial charge in [-0.25, -0.2) is 0 Å². The lowest BCUT2D eigenvalue weighted by Crippen LogP contribution is -2.42. The number of carbonyl (C=O) groups excluding carboxylic acids is 6. The summed E-state index contributed by atoms with van der Waals surface area (Å²) in [5, 5.41) is 5.73. The van der Waals surface area contributed by atoms with Crippen LogP contribution in [0.25, 0.3) is 0 Å². The van der Waals surface area contributed by atoms with E-state index in [0.717, 1.165) is 0 Å². The van der Waals surface area contributed by atoms with Crippen LogP contribution >= 0.6 is 0 Å². The van der Waals surface area contributed by atoms with E-state index >= 15 is 0 Å². The lowest BCUT2D eigenvalue weighted by atomic mass is 9.94. The summed E-state index contributed by atoms with van der Waals surface area (Å²) in [6.45, 7) is 8.04. The van der Waals surface area contributed by atoms with E-state index in [1.165, 1.54) is 33.5 Å². The molecule has 0 radical (unpaired) electrons. The molecule has 0 saturated carbocycles. The van der Waals surface area contributed by atoms with E-state index in [2.05, 4.69) is 25.6 Å². The van der Waals surface area contributed by atoms with Gasteiger partial charge in [0, 0.05) is 44.8 Å². The molecule has 10 N–H and O–H groups in total. The number of methoxy groups -OCH3 is 3. The van der Waals surface area contributed by atoms with Crippen molar-refractivity contribution in [3.63, 3.8) is 0 Å². The molecule has 0 aliphatic rings. The van der Waals surface area contributed by atoms with Gasteiger partial charge in [0.2, 0.25) is 0 Å². The fraction of sp³-hybridized carbons (Fsp3) is 0.449. The number of benzene rings is 3. The Balaban J connectivity index is 1.88. The molecule has 3 amide bonds. The fourth-order valence-corrected chi connectivity index (χ4v) is 7.18. The lowest BCUT2D eigenvalue weighted by molar-refractivity contribution is -0.122. The molecule has 0 fully saturated rings. The Morgan fingerprint density at radius 3 is 1.18 bits per heavy atom. The number of ketones is 3. The maximum atomic E-state index is 14.2. The summed E-state index contributed by atoms with van der Waals surface area (Å²) < 4.78 is 16.3. The number of nitrogens with one attached hydrogen (secondary N) is 2. The van der Waals surface area contributed by atoms with E-state index in [0.29, 0.717) is 79.5 Å². The topological polar surface area (TPSA) is 295 Å². The van der Waals surface area contributed by atoms with Gasteiger partial charge in [-0.1, -0.05) is 25.1 Å². The van der Waals surface area contributed by atoms with Crippen LogP contribution < -0.4 is 47.8 Å². The summed E-state index contributed by atoms with van der Waals surface area (Å²) in [5.74, 6) is -0.913. The molecular weight excluding hydrogens is 859 g/mol. The van der Waals surface area contributed by atoms with Crippen molar-refractivity contribution in [3.8, 4) is 17.2 Å². The third-order valence-corrected chi connectivity index (χ3v) is 10.8. The first-order valence-corrected chi connectivity index (χ1v) is 22.2. The molecule has 0 aliphatic heterocycles. The molecule has 0 aliphatic carbocycles. The molecule has 0 unspecified atom stereocenters. The van der Waals surface area contributed by atoms with Crippen LogP contribution in [0.2, 0.25) is 0 Å². The molecule has 0 bridgehead atoms. The van der Waals surface area contributed by atoms with Crippen LogP contribution in [-0.2, 0) is 33.6 Å². The number of amides is 3. The normalized spacial score (nSPS) is 13.2. The molecule has 3 aromatic rings. The van der Waals surface area contributed by atoms with Crippen LogP contribution in [-0.4, -0.2) is 106 Å². The molecule has 0 saturated heterocycles. The van der Waals surface area contributed by atoms with E-state index in [1.54, 1.807) is 63.2 Å². The molecule has 18 heteroatoms. The average Bonchev–Trinajstić information content (AvgIpc) is 3.29. The third kappa shape index (κ3) is 18.0. The second-order valence-electron chi connectivity index (χ2n) is 16.3. The third-order valence-electron chi connectivity index (χ3n) is 10.8. The van der Waals surface area contributed by atoms with Crippen LogP contribution in [0.5, 0.6) is 17.2 Å². The highest BCUT2D eigenvalue weighted by Gasteiger charge is 2.27. The Morgan fingerprint density at radius 2 is 0.836 bits per heavy atom. The van der Waals surface area contributed by atoms with Gasteiger partial charge < -0.3 is 47.8 Å². The highest BCUT2D eigenvalue weighted by atomic mass is 16.5. The number of rotatable bonds is 29. The largest absolute Gasteiger partial charge is 0.496 e. The average molecular weight is 926 g/mol. The number of carbonyl (C=O) groups is 6. The number of primary amides is 1. The van der Waals surface area contributed by atoms with Gasteiger partial charge in [0.1, 0.15) is 23.0 Å². The van der Waals surface area contributed by atoms with Crippen molar-refractivity contribution in [2.75, 3.05) is 41.0 Å². The molecule has 362 valence electrons. The highest BCUT2D eigenvalue weighted by Crippen LogP contribution is 2.25. The maximum Gasteiger partial charge on any atom is 0.255 e. The zero-order valence-corrected chi connectivity index (χ0v) is 39.7. The first-order valence-electron chi connectivity index (χ1n) is 22.2. The van der Waals surface area contributed by atoms with E-state index in [1.807, 2.05) is 6.92 Å². The zero-order chi connectivity index (χ0) is 49.6. The number of Topliss-reactive ketones (excluding diaryl/α,β-unsaturated/α-hetero) is 3. The van der Waals surface area contributed by atoms with Gasteiger partial charge >= 0.3 is 0 Å². The maximum absolute atomic E-state index is 14.2. The van der Waals surface area contributed by atoms with Gasteiger partial charge in [-0.3, -0.25) is 43.7 Å².